The fourth-order valence-electron chi connectivity index (χ4n) is 1.91. The van der Waals surface area contributed by atoms with Crippen LogP contribution in [0.25, 0.3) is 0 Å². The first kappa shape index (κ1) is 14.7. The minimum Gasteiger partial charge on any atom is -0.310 e. The van der Waals surface area contributed by atoms with E-state index >= 15 is 0 Å². The Morgan fingerprint density at radius 2 is 2.06 bits per heavy atom. The lowest BCUT2D eigenvalue weighted by Crippen LogP contribution is -2.25. The summed E-state index contributed by atoms with van der Waals surface area (Å²) < 4.78 is 1.19. The summed E-state index contributed by atoms with van der Waals surface area (Å²) >= 11 is 3.53. The van der Waals surface area contributed by atoms with Gasteiger partial charge in [0.1, 0.15) is 0 Å². The number of benzene rings is 1. The Labute approximate surface area is 114 Å². The van der Waals surface area contributed by atoms with Crippen LogP contribution in [0.1, 0.15) is 50.7 Å². The molecule has 0 spiro atoms. The molecule has 1 nitrogen and oxygen atoms in total. The summed E-state index contributed by atoms with van der Waals surface area (Å²) in [6, 6.07) is 7.18. The normalized spacial score (nSPS) is 12.7. The summed E-state index contributed by atoms with van der Waals surface area (Å²) in [5.41, 5.74) is 2.68. The van der Waals surface area contributed by atoms with Gasteiger partial charge in [-0.1, -0.05) is 54.2 Å². The molecular weight excluding hydrogens is 274 g/mol. The number of aryl methyl sites for hydroxylation is 1. The maximum Gasteiger partial charge on any atom is 0.0208 e. The molecule has 0 saturated heterocycles. The molecular formula is C15H24BrN. The Morgan fingerprint density at radius 3 is 2.71 bits per heavy atom. The number of unbranched alkanes of at least 4 members (excludes halogenated alkanes) is 2. The van der Waals surface area contributed by atoms with Crippen molar-refractivity contribution in [3.05, 3.63) is 33.8 Å². The smallest absolute Gasteiger partial charge is 0.0208 e. The van der Waals surface area contributed by atoms with Crippen LogP contribution in [0.3, 0.4) is 0 Å². The molecule has 0 heterocycles. The van der Waals surface area contributed by atoms with E-state index in [2.05, 4.69) is 60.2 Å². The van der Waals surface area contributed by atoms with Gasteiger partial charge in [-0.25, -0.2) is 0 Å². The van der Waals surface area contributed by atoms with Crippen molar-refractivity contribution in [1.82, 2.24) is 5.32 Å². The molecule has 17 heavy (non-hydrogen) atoms. The fourth-order valence-corrected chi connectivity index (χ4v) is 2.16. The molecule has 1 rings (SSSR count). The Morgan fingerprint density at radius 1 is 1.29 bits per heavy atom. The molecule has 0 aliphatic rings. The number of hydrogen-bond donors (Lipinski definition) is 1. The second-order valence-electron chi connectivity index (χ2n) is 4.86. The molecule has 96 valence electrons. The third-order valence-corrected chi connectivity index (χ3v) is 4.01. The Bertz CT molecular complexity index is 336. The van der Waals surface area contributed by atoms with Gasteiger partial charge >= 0.3 is 0 Å². The predicted molar refractivity (Wildman–Crippen MR) is 79.3 cm³/mol. The van der Waals surface area contributed by atoms with Gasteiger partial charge < -0.3 is 5.32 Å². The SMILES string of the molecule is CCCCCC(C)NCc1ccc(Br)c(C)c1. The van der Waals surface area contributed by atoms with Gasteiger partial charge in [0.2, 0.25) is 0 Å². The lowest BCUT2D eigenvalue weighted by atomic mass is 10.1. The van der Waals surface area contributed by atoms with E-state index in [4.69, 9.17) is 0 Å². The summed E-state index contributed by atoms with van der Waals surface area (Å²) in [7, 11) is 0. The summed E-state index contributed by atoms with van der Waals surface area (Å²) in [5.74, 6) is 0. The van der Waals surface area contributed by atoms with Crippen LogP contribution in [-0.2, 0) is 6.54 Å². The highest BCUT2D eigenvalue weighted by atomic mass is 79.9. The van der Waals surface area contributed by atoms with Crippen molar-refractivity contribution >= 4 is 15.9 Å². The lowest BCUT2D eigenvalue weighted by molar-refractivity contribution is 0.487. The van der Waals surface area contributed by atoms with Crippen molar-refractivity contribution in [2.24, 2.45) is 0 Å². The van der Waals surface area contributed by atoms with E-state index in [0.717, 1.165) is 6.54 Å². The maximum absolute atomic E-state index is 3.59. The van der Waals surface area contributed by atoms with Crippen LogP contribution in [-0.4, -0.2) is 6.04 Å². The molecule has 0 saturated carbocycles. The second kappa shape index (κ2) is 7.88. The molecule has 0 amide bonds. The van der Waals surface area contributed by atoms with Crippen LogP contribution in [0, 0.1) is 6.92 Å². The lowest BCUT2D eigenvalue weighted by Gasteiger charge is -2.14. The third kappa shape index (κ3) is 5.69. The molecule has 1 N–H and O–H groups in total. The van der Waals surface area contributed by atoms with Gasteiger partial charge in [-0.3, -0.25) is 0 Å². The van der Waals surface area contributed by atoms with Gasteiger partial charge in [0.15, 0.2) is 0 Å². The number of nitrogens with one attached hydrogen (secondary N) is 1. The molecule has 1 aromatic carbocycles. The number of halogens is 1. The number of hydrogen-bond acceptors (Lipinski definition) is 1. The van der Waals surface area contributed by atoms with Gasteiger partial charge in [0.25, 0.3) is 0 Å². The summed E-state index contributed by atoms with van der Waals surface area (Å²) in [5, 5.41) is 3.59. The van der Waals surface area contributed by atoms with Crippen molar-refractivity contribution in [2.75, 3.05) is 0 Å². The molecule has 0 aliphatic heterocycles. The molecule has 0 bridgehead atoms. The second-order valence-corrected chi connectivity index (χ2v) is 5.72. The standard InChI is InChI=1S/C15H24BrN/c1-4-5-6-7-13(3)17-11-14-8-9-15(16)12(2)10-14/h8-10,13,17H,4-7,11H2,1-3H3. The van der Waals surface area contributed by atoms with Crippen LogP contribution in [0.15, 0.2) is 22.7 Å². The Kier molecular flexibility index (Phi) is 6.83. The summed E-state index contributed by atoms with van der Waals surface area (Å²) in [6.45, 7) is 7.64. The average molecular weight is 298 g/mol. The summed E-state index contributed by atoms with van der Waals surface area (Å²) in [6.07, 6.45) is 5.27. The van der Waals surface area contributed by atoms with Crippen LogP contribution in [0.4, 0.5) is 0 Å². The zero-order valence-corrected chi connectivity index (χ0v) is 12.8. The maximum atomic E-state index is 3.59. The van der Waals surface area contributed by atoms with E-state index in [9.17, 15) is 0 Å². The molecule has 0 fully saturated rings. The number of rotatable bonds is 7. The van der Waals surface area contributed by atoms with E-state index in [0.29, 0.717) is 6.04 Å². The van der Waals surface area contributed by atoms with E-state index in [1.165, 1.54) is 41.3 Å². The summed E-state index contributed by atoms with van der Waals surface area (Å²) in [4.78, 5) is 0. The van der Waals surface area contributed by atoms with Crippen molar-refractivity contribution in [3.63, 3.8) is 0 Å². The zero-order chi connectivity index (χ0) is 12.7. The molecule has 2 heteroatoms. The Balaban J connectivity index is 2.31. The van der Waals surface area contributed by atoms with Crippen LogP contribution < -0.4 is 5.32 Å². The van der Waals surface area contributed by atoms with Gasteiger partial charge in [0, 0.05) is 17.1 Å². The minimum absolute atomic E-state index is 0.616. The zero-order valence-electron chi connectivity index (χ0n) is 11.2. The van der Waals surface area contributed by atoms with E-state index in [1.54, 1.807) is 0 Å². The first-order valence-electron chi connectivity index (χ1n) is 6.62. The first-order chi connectivity index (χ1) is 8.13. The predicted octanol–water partition coefficient (Wildman–Crippen LogP) is 4.82. The van der Waals surface area contributed by atoms with Crippen LogP contribution in [0.5, 0.6) is 0 Å². The first-order valence-corrected chi connectivity index (χ1v) is 7.41. The quantitative estimate of drug-likeness (QED) is 0.712. The van der Waals surface area contributed by atoms with Crippen molar-refractivity contribution in [1.29, 1.82) is 0 Å². The molecule has 1 aromatic rings. The molecule has 0 aliphatic carbocycles. The molecule has 1 atom stereocenters. The topological polar surface area (TPSA) is 12.0 Å². The average Bonchev–Trinajstić information content (AvgIpc) is 2.31. The highest BCUT2D eigenvalue weighted by Crippen LogP contribution is 2.17. The van der Waals surface area contributed by atoms with Gasteiger partial charge in [-0.05, 0) is 37.5 Å². The van der Waals surface area contributed by atoms with Crippen molar-refractivity contribution in [3.8, 4) is 0 Å². The fraction of sp³-hybridized carbons (Fsp3) is 0.600. The molecule has 0 aromatic heterocycles. The largest absolute Gasteiger partial charge is 0.310 e. The highest BCUT2D eigenvalue weighted by molar-refractivity contribution is 9.10. The molecule has 0 radical (unpaired) electrons. The third-order valence-electron chi connectivity index (χ3n) is 3.12. The van der Waals surface area contributed by atoms with Crippen LogP contribution in [0.2, 0.25) is 0 Å². The molecule has 1 unspecified atom stereocenters. The van der Waals surface area contributed by atoms with Gasteiger partial charge in [-0.15, -0.1) is 0 Å². The monoisotopic (exact) mass is 297 g/mol. The van der Waals surface area contributed by atoms with Gasteiger partial charge in [0.05, 0.1) is 0 Å². The van der Waals surface area contributed by atoms with E-state index in [-0.39, 0.29) is 0 Å². The van der Waals surface area contributed by atoms with Gasteiger partial charge in [-0.2, -0.15) is 0 Å². The van der Waals surface area contributed by atoms with Crippen LogP contribution >= 0.6 is 15.9 Å². The van der Waals surface area contributed by atoms with Crippen molar-refractivity contribution in [2.45, 2.75) is 59.0 Å². The highest BCUT2D eigenvalue weighted by Gasteiger charge is 2.02. The van der Waals surface area contributed by atoms with E-state index in [1.807, 2.05) is 0 Å². The van der Waals surface area contributed by atoms with Crippen molar-refractivity contribution < 1.29 is 0 Å². The van der Waals surface area contributed by atoms with E-state index < -0.39 is 0 Å². The Hall–Kier alpha value is -0.340. The minimum atomic E-state index is 0.616.